The van der Waals surface area contributed by atoms with E-state index in [-0.39, 0.29) is 0 Å². The van der Waals surface area contributed by atoms with E-state index in [0.29, 0.717) is 11.7 Å². The van der Waals surface area contributed by atoms with Gasteiger partial charge in [0.1, 0.15) is 11.6 Å². The molecule has 2 rings (SSSR count). The standard InChI is InChI=1S/C15H25N3/c1-3-6-13-10-14(16)18-15(17-13)12-8-5-7-11(4-2)9-12/h10-12H,3-9H2,1-2H3,(H2,16,17,18). The summed E-state index contributed by atoms with van der Waals surface area (Å²) in [6.45, 7) is 4.46. The van der Waals surface area contributed by atoms with Crippen molar-refractivity contribution in [3.05, 3.63) is 17.6 Å². The molecule has 0 aliphatic heterocycles. The average molecular weight is 247 g/mol. The number of rotatable bonds is 4. The number of nitrogens with zero attached hydrogens (tertiary/aromatic N) is 2. The fourth-order valence-corrected chi connectivity index (χ4v) is 3.00. The van der Waals surface area contributed by atoms with Crippen molar-refractivity contribution in [3.8, 4) is 0 Å². The lowest BCUT2D eigenvalue weighted by molar-refractivity contribution is 0.307. The van der Waals surface area contributed by atoms with Gasteiger partial charge in [-0.15, -0.1) is 0 Å². The average Bonchev–Trinajstić information content (AvgIpc) is 2.38. The van der Waals surface area contributed by atoms with Crippen molar-refractivity contribution < 1.29 is 0 Å². The minimum atomic E-state index is 0.530. The first kappa shape index (κ1) is 13.3. The van der Waals surface area contributed by atoms with Crippen LogP contribution in [-0.2, 0) is 6.42 Å². The zero-order valence-electron chi connectivity index (χ0n) is 11.7. The highest BCUT2D eigenvalue weighted by Crippen LogP contribution is 2.36. The third-order valence-electron chi connectivity index (χ3n) is 4.05. The highest BCUT2D eigenvalue weighted by molar-refractivity contribution is 5.30. The minimum Gasteiger partial charge on any atom is -0.384 e. The Kier molecular flexibility index (Phi) is 4.56. The van der Waals surface area contributed by atoms with Crippen LogP contribution in [0.5, 0.6) is 0 Å². The molecule has 1 aromatic heterocycles. The Morgan fingerprint density at radius 1 is 1.28 bits per heavy atom. The van der Waals surface area contributed by atoms with E-state index >= 15 is 0 Å². The Hall–Kier alpha value is -1.12. The molecular weight excluding hydrogens is 222 g/mol. The van der Waals surface area contributed by atoms with Gasteiger partial charge in [-0.2, -0.15) is 0 Å². The zero-order valence-corrected chi connectivity index (χ0v) is 11.7. The molecule has 2 atom stereocenters. The Labute approximate surface area is 110 Å². The van der Waals surface area contributed by atoms with Gasteiger partial charge in [-0.05, 0) is 25.2 Å². The monoisotopic (exact) mass is 247 g/mol. The zero-order chi connectivity index (χ0) is 13.0. The molecule has 3 heteroatoms. The summed E-state index contributed by atoms with van der Waals surface area (Å²) in [5, 5.41) is 0. The molecule has 0 bridgehead atoms. The van der Waals surface area contributed by atoms with Gasteiger partial charge in [-0.25, -0.2) is 9.97 Å². The summed E-state index contributed by atoms with van der Waals surface area (Å²) >= 11 is 0. The maximum absolute atomic E-state index is 5.91. The summed E-state index contributed by atoms with van der Waals surface area (Å²) in [6.07, 6.45) is 8.54. The number of aromatic nitrogens is 2. The Bertz CT molecular complexity index is 389. The first-order valence-corrected chi connectivity index (χ1v) is 7.36. The number of nitrogen functional groups attached to an aromatic ring is 1. The summed E-state index contributed by atoms with van der Waals surface area (Å²) in [6, 6.07) is 1.92. The predicted molar refractivity (Wildman–Crippen MR) is 75.4 cm³/mol. The van der Waals surface area contributed by atoms with Crippen molar-refractivity contribution in [1.82, 2.24) is 9.97 Å². The van der Waals surface area contributed by atoms with Crippen LogP contribution in [0.15, 0.2) is 6.07 Å². The Morgan fingerprint density at radius 3 is 2.83 bits per heavy atom. The predicted octanol–water partition coefficient (Wildman–Crippen LogP) is 3.70. The van der Waals surface area contributed by atoms with Crippen molar-refractivity contribution in [1.29, 1.82) is 0 Å². The topological polar surface area (TPSA) is 51.8 Å². The molecule has 3 nitrogen and oxygen atoms in total. The quantitative estimate of drug-likeness (QED) is 0.882. The number of anilines is 1. The normalized spacial score (nSPS) is 24.1. The van der Waals surface area contributed by atoms with Crippen LogP contribution in [0.25, 0.3) is 0 Å². The van der Waals surface area contributed by atoms with Crippen LogP contribution in [-0.4, -0.2) is 9.97 Å². The van der Waals surface area contributed by atoms with Gasteiger partial charge < -0.3 is 5.73 Å². The van der Waals surface area contributed by atoms with Gasteiger partial charge in [0.15, 0.2) is 0 Å². The summed E-state index contributed by atoms with van der Waals surface area (Å²) in [7, 11) is 0. The van der Waals surface area contributed by atoms with E-state index in [1.807, 2.05) is 6.07 Å². The summed E-state index contributed by atoms with van der Waals surface area (Å²) in [5.41, 5.74) is 7.02. The van der Waals surface area contributed by atoms with Crippen LogP contribution < -0.4 is 5.73 Å². The molecule has 18 heavy (non-hydrogen) atoms. The molecule has 1 aliphatic carbocycles. The smallest absolute Gasteiger partial charge is 0.134 e. The van der Waals surface area contributed by atoms with Crippen LogP contribution in [0.2, 0.25) is 0 Å². The molecule has 2 N–H and O–H groups in total. The third-order valence-corrected chi connectivity index (χ3v) is 4.05. The van der Waals surface area contributed by atoms with Gasteiger partial charge in [0.25, 0.3) is 0 Å². The highest BCUT2D eigenvalue weighted by atomic mass is 15.0. The van der Waals surface area contributed by atoms with Gasteiger partial charge >= 0.3 is 0 Å². The first-order valence-electron chi connectivity index (χ1n) is 7.36. The number of hydrogen-bond donors (Lipinski definition) is 1. The van der Waals surface area contributed by atoms with Crippen molar-refractivity contribution >= 4 is 5.82 Å². The molecule has 1 aliphatic rings. The van der Waals surface area contributed by atoms with Gasteiger partial charge in [-0.3, -0.25) is 0 Å². The summed E-state index contributed by atoms with van der Waals surface area (Å²) in [4.78, 5) is 9.20. The second-order valence-electron chi connectivity index (χ2n) is 5.53. The van der Waals surface area contributed by atoms with Crippen molar-refractivity contribution in [3.63, 3.8) is 0 Å². The van der Waals surface area contributed by atoms with Crippen LogP contribution >= 0.6 is 0 Å². The molecule has 100 valence electrons. The fraction of sp³-hybridized carbons (Fsp3) is 0.733. The van der Waals surface area contributed by atoms with E-state index in [1.165, 1.54) is 32.1 Å². The number of nitrogens with two attached hydrogens (primary N) is 1. The fourth-order valence-electron chi connectivity index (χ4n) is 3.00. The molecule has 0 aromatic carbocycles. The highest BCUT2D eigenvalue weighted by Gasteiger charge is 2.24. The van der Waals surface area contributed by atoms with Crippen molar-refractivity contribution in [2.75, 3.05) is 5.73 Å². The second-order valence-corrected chi connectivity index (χ2v) is 5.53. The van der Waals surface area contributed by atoms with Gasteiger partial charge in [-0.1, -0.05) is 39.5 Å². The maximum atomic E-state index is 5.91. The molecule has 0 amide bonds. The van der Waals surface area contributed by atoms with E-state index in [9.17, 15) is 0 Å². The maximum Gasteiger partial charge on any atom is 0.134 e. The van der Waals surface area contributed by atoms with E-state index in [0.717, 1.165) is 30.3 Å². The van der Waals surface area contributed by atoms with Gasteiger partial charge in [0.05, 0.1) is 0 Å². The van der Waals surface area contributed by atoms with Crippen LogP contribution in [0.3, 0.4) is 0 Å². The SMILES string of the molecule is CCCc1cc(N)nc(C2CCCC(CC)C2)n1. The van der Waals surface area contributed by atoms with Gasteiger partial charge in [0.2, 0.25) is 0 Å². The van der Waals surface area contributed by atoms with E-state index in [2.05, 4.69) is 18.8 Å². The summed E-state index contributed by atoms with van der Waals surface area (Å²) < 4.78 is 0. The van der Waals surface area contributed by atoms with Crippen molar-refractivity contribution in [2.45, 2.75) is 64.7 Å². The third kappa shape index (κ3) is 3.21. The molecule has 2 unspecified atom stereocenters. The molecule has 1 fully saturated rings. The first-order chi connectivity index (χ1) is 8.72. The molecular formula is C15H25N3. The Balaban J connectivity index is 2.16. The second kappa shape index (κ2) is 6.17. The molecule has 0 radical (unpaired) electrons. The van der Waals surface area contributed by atoms with Crippen LogP contribution in [0.1, 0.15) is 69.8 Å². The lowest BCUT2D eigenvalue weighted by Gasteiger charge is -2.27. The van der Waals surface area contributed by atoms with Crippen molar-refractivity contribution in [2.24, 2.45) is 5.92 Å². The summed E-state index contributed by atoms with van der Waals surface area (Å²) in [5.74, 6) is 3.02. The molecule has 0 saturated heterocycles. The van der Waals surface area contributed by atoms with E-state index < -0.39 is 0 Å². The molecule has 1 aromatic rings. The van der Waals surface area contributed by atoms with E-state index in [1.54, 1.807) is 0 Å². The van der Waals surface area contributed by atoms with Gasteiger partial charge in [0, 0.05) is 17.7 Å². The van der Waals surface area contributed by atoms with E-state index in [4.69, 9.17) is 10.7 Å². The number of hydrogen-bond acceptors (Lipinski definition) is 3. The number of aryl methyl sites for hydroxylation is 1. The minimum absolute atomic E-state index is 0.530. The largest absolute Gasteiger partial charge is 0.384 e. The lowest BCUT2D eigenvalue weighted by atomic mass is 9.80. The molecule has 1 heterocycles. The van der Waals surface area contributed by atoms with Crippen LogP contribution in [0, 0.1) is 5.92 Å². The van der Waals surface area contributed by atoms with Crippen LogP contribution in [0.4, 0.5) is 5.82 Å². The lowest BCUT2D eigenvalue weighted by Crippen LogP contribution is -2.17. The Morgan fingerprint density at radius 2 is 2.11 bits per heavy atom. The molecule has 1 saturated carbocycles. The molecule has 0 spiro atoms.